The maximum Gasteiger partial charge on any atom is 0.319 e. The molecule has 1 amide bonds. The molecule has 0 aromatic heterocycles. The molecule has 2 saturated carbocycles. The molecule has 2 atom stereocenters. The molecule has 0 bridgehead atoms. The standard InChI is InChI=1S/C13H21NO3S/c1-2-18-10-5-4-9(8-10)14-11(15)13(12(16)17)6-3-7-13/h9-10H,2-8H2,1H3,(H,14,15)(H,16,17). The quantitative estimate of drug-likeness (QED) is 0.751. The van der Waals surface area contributed by atoms with Crippen molar-refractivity contribution < 1.29 is 14.7 Å². The number of carbonyl (C=O) groups is 2. The molecule has 0 aromatic rings. The predicted octanol–water partition coefficient (Wildman–Crippen LogP) is 2.03. The monoisotopic (exact) mass is 271 g/mol. The zero-order chi connectivity index (χ0) is 13.2. The molecule has 2 N–H and O–H groups in total. The van der Waals surface area contributed by atoms with E-state index in [0.29, 0.717) is 18.1 Å². The van der Waals surface area contributed by atoms with Crippen molar-refractivity contribution in [3.05, 3.63) is 0 Å². The number of thioether (sulfide) groups is 1. The lowest BCUT2D eigenvalue weighted by molar-refractivity contribution is -0.162. The molecule has 102 valence electrons. The van der Waals surface area contributed by atoms with Crippen molar-refractivity contribution in [3.8, 4) is 0 Å². The topological polar surface area (TPSA) is 66.4 Å². The number of hydrogen-bond donors (Lipinski definition) is 2. The van der Waals surface area contributed by atoms with Gasteiger partial charge in [0.15, 0.2) is 0 Å². The third-order valence-corrected chi connectivity index (χ3v) is 5.41. The van der Waals surface area contributed by atoms with Crippen LogP contribution in [0.15, 0.2) is 0 Å². The SMILES string of the molecule is CCSC1CCC(NC(=O)C2(C(=O)O)CCC2)C1. The van der Waals surface area contributed by atoms with Crippen LogP contribution in [-0.2, 0) is 9.59 Å². The van der Waals surface area contributed by atoms with Crippen molar-refractivity contribution in [1.82, 2.24) is 5.32 Å². The summed E-state index contributed by atoms with van der Waals surface area (Å²) < 4.78 is 0. The molecule has 18 heavy (non-hydrogen) atoms. The Balaban J connectivity index is 1.87. The number of carbonyl (C=O) groups excluding carboxylic acids is 1. The Labute approximate surface area is 112 Å². The zero-order valence-electron chi connectivity index (χ0n) is 10.8. The van der Waals surface area contributed by atoms with E-state index in [1.807, 2.05) is 11.8 Å². The van der Waals surface area contributed by atoms with Gasteiger partial charge in [0, 0.05) is 11.3 Å². The zero-order valence-corrected chi connectivity index (χ0v) is 11.6. The van der Waals surface area contributed by atoms with Gasteiger partial charge in [-0.25, -0.2) is 0 Å². The Bertz CT molecular complexity index is 341. The second-order valence-electron chi connectivity index (χ2n) is 5.30. The fourth-order valence-corrected chi connectivity index (χ4v) is 3.99. The van der Waals surface area contributed by atoms with Gasteiger partial charge in [-0.2, -0.15) is 11.8 Å². The van der Waals surface area contributed by atoms with Crippen LogP contribution >= 0.6 is 11.8 Å². The number of aliphatic carboxylic acids is 1. The highest BCUT2D eigenvalue weighted by molar-refractivity contribution is 7.99. The fraction of sp³-hybridized carbons (Fsp3) is 0.846. The first-order valence-corrected chi connectivity index (χ1v) is 7.79. The molecular weight excluding hydrogens is 250 g/mol. The van der Waals surface area contributed by atoms with Crippen LogP contribution in [0.3, 0.4) is 0 Å². The largest absolute Gasteiger partial charge is 0.480 e. The molecular formula is C13H21NO3S. The van der Waals surface area contributed by atoms with E-state index in [1.165, 1.54) is 0 Å². The van der Waals surface area contributed by atoms with E-state index < -0.39 is 11.4 Å². The van der Waals surface area contributed by atoms with E-state index in [2.05, 4.69) is 12.2 Å². The highest BCUT2D eigenvalue weighted by atomic mass is 32.2. The number of amides is 1. The van der Waals surface area contributed by atoms with Crippen LogP contribution < -0.4 is 5.32 Å². The molecule has 0 aliphatic heterocycles. The molecule has 4 nitrogen and oxygen atoms in total. The van der Waals surface area contributed by atoms with Crippen LogP contribution in [0, 0.1) is 5.41 Å². The van der Waals surface area contributed by atoms with Crippen LogP contribution in [0.2, 0.25) is 0 Å². The van der Waals surface area contributed by atoms with E-state index in [4.69, 9.17) is 0 Å². The van der Waals surface area contributed by atoms with Crippen molar-refractivity contribution in [2.45, 2.75) is 56.7 Å². The van der Waals surface area contributed by atoms with Crippen LogP contribution in [0.25, 0.3) is 0 Å². The summed E-state index contributed by atoms with van der Waals surface area (Å²) in [6, 6.07) is 0.179. The average Bonchev–Trinajstić information content (AvgIpc) is 2.63. The van der Waals surface area contributed by atoms with Crippen LogP contribution in [0.4, 0.5) is 0 Å². The molecule has 2 aliphatic carbocycles. The predicted molar refractivity (Wildman–Crippen MR) is 71.6 cm³/mol. The lowest BCUT2D eigenvalue weighted by Gasteiger charge is -2.36. The van der Waals surface area contributed by atoms with Gasteiger partial charge in [-0.15, -0.1) is 0 Å². The summed E-state index contributed by atoms with van der Waals surface area (Å²) in [5, 5.41) is 12.8. The van der Waals surface area contributed by atoms with Gasteiger partial charge < -0.3 is 10.4 Å². The summed E-state index contributed by atoms with van der Waals surface area (Å²) in [4.78, 5) is 23.3. The number of rotatable bonds is 5. The lowest BCUT2D eigenvalue weighted by Crippen LogP contribution is -2.53. The van der Waals surface area contributed by atoms with Crippen molar-refractivity contribution in [1.29, 1.82) is 0 Å². The number of hydrogen-bond acceptors (Lipinski definition) is 3. The lowest BCUT2D eigenvalue weighted by atomic mass is 9.68. The van der Waals surface area contributed by atoms with E-state index in [9.17, 15) is 14.7 Å². The Morgan fingerprint density at radius 3 is 2.61 bits per heavy atom. The maximum absolute atomic E-state index is 12.1. The first kappa shape index (κ1) is 13.7. The number of carboxylic acids is 1. The van der Waals surface area contributed by atoms with Gasteiger partial charge in [0.25, 0.3) is 0 Å². The first-order valence-electron chi connectivity index (χ1n) is 6.74. The normalized spacial score (nSPS) is 29.6. The summed E-state index contributed by atoms with van der Waals surface area (Å²) in [6.07, 6.45) is 4.93. The molecule has 0 saturated heterocycles. The van der Waals surface area contributed by atoms with Gasteiger partial charge in [0.2, 0.25) is 5.91 Å². The number of carboxylic acid groups (broad SMARTS) is 1. The first-order chi connectivity index (χ1) is 8.58. The third-order valence-electron chi connectivity index (χ3n) is 4.17. The van der Waals surface area contributed by atoms with Crippen molar-refractivity contribution >= 4 is 23.6 Å². The van der Waals surface area contributed by atoms with Gasteiger partial charge in [0.05, 0.1) is 0 Å². The van der Waals surface area contributed by atoms with Crippen LogP contribution in [0.5, 0.6) is 0 Å². The van der Waals surface area contributed by atoms with Gasteiger partial charge in [0.1, 0.15) is 5.41 Å². The maximum atomic E-state index is 12.1. The smallest absolute Gasteiger partial charge is 0.319 e. The van der Waals surface area contributed by atoms with E-state index in [-0.39, 0.29) is 11.9 Å². The van der Waals surface area contributed by atoms with E-state index >= 15 is 0 Å². The second kappa shape index (κ2) is 5.51. The van der Waals surface area contributed by atoms with Crippen molar-refractivity contribution in [2.75, 3.05) is 5.75 Å². The Hall–Kier alpha value is -0.710. The van der Waals surface area contributed by atoms with Crippen molar-refractivity contribution in [3.63, 3.8) is 0 Å². The Morgan fingerprint density at radius 2 is 2.11 bits per heavy atom. The highest BCUT2D eigenvalue weighted by Gasteiger charge is 2.51. The molecule has 0 spiro atoms. The highest BCUT2D eigenvalue weighted by Crippen LogP contribution is 2.42. The van der Waals surface area contributed by atoms with Crippen LogP contribution in [0.1, 0.15) is 45.4 Å². The second-order valence-corrected chi connectivity index (χ2v) is 6.88. The molecule has 2 unspecified atom stereocenters. The minimum atomic E-state index is -1.12. The average molecular weight is 271 g/mol. The summed E-state index contributed by atoms with van der Waals surface area (Å²) in [6.45, 7) is 2.14. The van der Waals surface area contributed by atoms with Gasteiger partial charge in [-0.3, -0.25) is 9.59 Å². The fourth-order valence-electron chi connectivity index (χ4n) is 2.85. The molecule has 2 rings (SSSR count). The van der Waals surface area contributed by atoms with Gasteiger partial charge >= 0.3 is 5.97 Å². The molecule has 0 aromatic carbocycles. The number of nitrogens with one attached hydrogen (secondary N) is 1. The third kappa shape index (κ3) is 2.51. The minimum Gasteiger partial charge on any atom is -0.480 e. The Morgan fingerprint density at radius 1 is 1.39 bits per heavy atom. The van der Waals surface area contributed by atoms with Gasteiger partial charge in [-0.1, -0.05) is 13.3 Å². The molecule has 2 aliphatic rings. The molecule has 0 radical (unpaired) electrons. The summed E-state index contributed by atoms with van der Waals surface area (Å²) in [7, 11) is 0. The Kier molecular flexibility index (Phi) is 4.20. The molecule has 0 heterocycles. The van der Waals surface area contributed by atoms with E-state index in [0.717, 1.165) is 31.4 Å². The van der Waals surface area contributed by atoms with Crippen LogP contribution in [-0.4, -0.2) is 34.0 Å². The minimum absolute atomic E-state index is 0.179. The van der Waals surface area contributed by atoms with E-state index in [1.54, 1.807) is 0 Å². The molecule has 5 heteroatoms. The van der Waals surface area contributed by atoms with Crippen molar-refractivity contribution in [2.24, 2.45) is 5.41 Å². The van der Waals surface area contributed by atoms with Gasteiger partial charge in [-0.05, 0) is 37.9 Å². The summed E-state index contributed by atoms with van der Waals surface area (Å²) in [5.41, 5.74) is -1.12. The summed E-state index contributed by atoms with van der Waals surface area (Å²) in [5.74, 6) is -0.109. The summed E-state index contributed by atoms with van der Waals surface area (Å²) >= 11 is 1.94. The molecule has 2 fully saturated rings.